The molecule has 0 radical (unpaired) electrons. The van der Waals surface area contributed by atoms with E-state index in [0.717, 1.165) is 19.3 Å². The second-order valence-corrected chi connectivity index (χ2v) is 6.75. The number of carboxylic acids is 1. The summed E-state index contributed by atoms with van der Waals surface area (Å²) < 4.78 is 1.75. The van der Waals surface area contributed by atoms with Crippen LogP contribution in [0.25, 0.3) is 11.0 Å². The third-order valence-corrected chi connectivity index (χ3v) is 4.51. The predicted octanol–water partition coefficient (Wildman–Crippen LogP) is 3.17. The van der Waals surface area contributed by atoms with E-state index in [2.05, 4.69) is 18.8 Å². The highest BCUT2D eigenvalue weighted by Crippen LogP contribution is 2.41. The maximum Gasteiger partial charge on any atom is 0.335 e. The zero-order chi connectivity index (χ0) is 15.2. The van der Waals surface area contributed by atoms with Crippen LogP contribution in [-0.4, -0.2) is 20.6 Å². The van der Waals surface area contributed by atoms with Gasteiger partial charge >= 0.3 is 11.7 Å². The van der Waals surface area contributed by atoms with E-state index in [9.17, 15) is 9.59 Å². The van der Waals surface area contributed by atoms with Crippen LogP contribution in [0.3, 0.4) is 0 Å². The summed E-state index contributed by atoms with van der Waals surface area (Å²) in [7, 11) is 0. The fourth-order valence-electron chi connectivity index (χ4n) is 3.50. The summed E-state index contributed by atoms with van der Waals surface area (Å²) in [5.41, 5.74) is 1.69. The number of rotatable bonds is 2. The van der Waals surface area contributed by atoms with Gasteiger partial charge in [0.2, 0.25) is 0 Å². The first-order valence-corrected chi connectivity index (χ1v) is 7.35. The smallest absolute Gasteiger partial charge is 0.335 e. The Hall–Kier alpha value is -2.04. The molecular weight excluding hydrogens is 268 g/mol. The summed E-state index contributed by atoms with van der Waals surface area (Å²) in [6.45, 7) is 4.45. The van der Waals surface area contributed by atoms with Crippen LogP contribution in [-0.2, 0) is 0 Å². The largest absolute Gasteiger partial charge is 0.478 e. The van der Waals surface area contributed by atoms with Crippen LogP contribution in [0.2, 0.25) is 0 Å². The highest BCUT2D eigenvalue weighted by atomic mass is 16.4. The van der Waals surface area contributed by atoms with Crippen LogP contribution in [0.5, 0.6) is 0 Å². The predicted molar refractivity (Wildman–Crippen MR) is 80.8 cm³/mol. The summed E-state index contributed by atoms with van der Waals surface area (Å²) in [4.78, 5) is 26.3. The van der Waals surface area contributed by atoms with Gasteiger partial charge in [0.1, 0.15) is 0 Å². The molecule has 0 amide bonds. The van der Waals surface area contributed by atoms with Gasteiger partial charge in [0.05, 0.1) is 16.6 Å². The van der Waals surface area contributed by atoms with Gasteiger partial charge in [-0.15, -0.1) is 0 Å². The molecule has 1 atom stereocenters. The molecule has 0 bridgehead atoms. The minimum Gasteiger partial charge on any atom is -0.478 e. The molecule has 1 aromatic heterocycles. The lowest BCUT2D eigenvalue weighted by Gasteiger charge is -2.35. The number of H-pyrrole nitrogens is 1. The quantitative estimate of drug-likeness (QED) is 0.891. The maximum absolute atomic E-state index is 12.3. The lowest BCUT2D eigenvalue weighted by atomic mass is 9.75. The van der Waals surface area contributed by atoms with Crippen molar-refractivity contribution < 1.29 is 9.90 Å². The number of carboxylic acid groups (broad SMARTS) is 1. The molecule has 5 heteroatoms. The number of hydrogen-bond donors (Lipinski definition) is 2. The molecule has 2 N–H and O–H groups in total. The Kier molecular flexibility index (Phi) is 3.15. The molecule has 3 rings (SSSR count). The second-order valence-electron chi connectivity index (χ2n) is 6.75. The number of hydrogen-bond acceptors (Lipinski definition) is 2. The lowest BCUT2D eigenvalue weighted by Crippen LogP contribution is -2.30. The van der Waals surface area contributed by atoms with Crippen molar-refractivity contribution in [1.82, 2.24) is 9.55 Å². The van der Waals surface area contributed by atoms with E-state index in [1.807, 2.05) is 0 Å². The summed E-state index contributed by atoms with van der Waals surface area (Å²) in [5, 5.41) is 9.14. The van der Waals surface area contributed by atoms with Crippen LogP contribution in [0, 0.1) is 5.41 Å². The van der Waals surface area contributed by atoms with Gasteiger partial charge in [-0.3, -0.25) is 4.57 Å². The molecule has 1 unspecified atom stereocenters. The van der Waals surface area contributed by atoms with Crippen LogP contribution >= 0.6 is 0 Å². The number of aromatic nitrogens is 2. The number of aromatic carboxylic acids is 1. The van der Waals surface area contributed by atoms with Gasteiger partial charge < -0.3 is 10.1 Å². The van der Waals surface area contributed by atoms with Crippen molar-refractivity contribution in [1.29, 1.82) is 0 Å². The van der Waals surface area contributed by atoms with Gasteiger partial charge in [0.25, 0.3) is 0 Å². The monoisotopic (exact) mass is 288 g/mol. The zero-order valence-corrected chi connectivity index (χ0v) is 12.3. The van der Waals surface area contributed by atoms with Gasteiger partial charge in [-0.25, -0.2) is 9.59 Å². The molecule has 1 aliphatic carbocycles. The molecule has 1 aromatic carbocycles. The second kappa shape index (κ2) is 4.76. The van der Waals surface area contributed by atoms with Gasteiger partial charge in [-0.05, 0) is 42.9 Å². The van der Waals surface area contributed by atoms with E-state index in [1.165, 1.54) is 12.5 Å². The Labute approximate surface area is 122 Å². The molecule has 112 valence electrons. The topological polar surface area (TPSA) is 75.1 Å². The molecule has 1 saturated carbocycles. The molecule has 1 heterocycles. The van der Waals surface area contributed by atoms with E-state index in [-0.39, 0.29) is 22.7 Å². The van der Waals surface area contributed by atoms with Crippen LogP contribution in [0.1, 0.15) is 55.9 Å². The lowest BCUT2D eigenvalue weighted by molar-refractivity contribution is 0.0697. The number of aromatic amines is 1. The Morgan fingerprint density at radius 1 is 1.43 bits per heavy atom. The van der Waals surface area contributed by atoms with Crippen molar-refractivity contribution >= 4 is 17.0 Å². The Morgan fingerprint density at radius 3 is 2.86 bits per heavy atom. The van der Waals surface area contributed by atoms with Crippen LogP contribution in [0.4, 0.5) is 0 Å². The minimum absolute atomic E-state index is 0.138. The summed E-state index contributed by atoms with van der Waals surface area (Å²) in [5.74, 6) is -0.971. The molecule has 1 fully saturated rings. The first-order chi connectivity index (χ1) is 9.87. The fourth-order valence-corrected chi connectivity index (χ4v) is 3.50. The van der Waals surface area contributed by atoms with E-state index >= 15 is 0 Å². The van der Waals surface area contributed by atoms with E-state index in [1.54, 1.807) is 16.7 Å². The Bertz CT molecular complexity index is 754. The van der Waals surface area contributed by atoms with Crippen molar-refractivity contribution in [2.75, 3.05) is 0 Å². The summed E-state index contributed by atoms with van der Waals surface area (Å²) >= 11 is 0. The highest BCUT2D eigenvalue weighted by Gasteiger charge is 2.30. The average molecular weight is 288 g/mol. The molecule has 0 spiro atoms. The molecule has 5 nitrogen and oxygen atoms in total. The summed E-state index contributed by atoms with van der Waals surface area (Å²) in [6.07, 6.45) is 4.17. The Morgan fingerprint density at radius 2 is 2.19 bits per heavy atom. The maximum atomic E-state index is 12.3. The van der Waals surface area contributed by atoms with Crippen molar-refractivity contribution in [3.05, 3.63) is 34.2 Å². The third-order valence-electron chi connectivity index (χ3n) is 4.51. The highest BCUT2D eigenvalue weighted by molar-refractivity contribution is 5.92. The first kappa shape index (κ1) is 13.9. The molecule has 2 aromatic rings. The van der Waals surface area contributed by atoms with E-state index < -0.39 is 5.97 Å². The number of imidazole rings is 1. The van der Waals surface area contributed by atoms with Gasteiger partial charge in [-0.1, -0.05) is 20.3 Å². The van der Waals surface area contributed by atoms with Crippen molar-refractivity contribution in [2.24, 2.45) is 5.41 Å². The number of nitrogens with one attached hydrogen (secondary N) is 1. The van der Waals surface area contributed by atoms with Crippen molar-refractivity contribution in [2.45, 2.75) is 45.6 Å². The van der Waals surface area contributed by atoms with E-state index in [4.69, 9.17) is 5.11 Å². The average Bonchev–Trinajstić information content (AvgIpc) is 2.72. The van der Waals surface area contributed by atoms with E-state index in [0.29, 0.717) is 11.0 Å². The van der Waals surface area contributed by atoms with Gasteiger partial charge in [0, 0.05) is 6.04 Å². The SMILES string of the molecule is CC1(C)CCCC(n2c(=O)[nH]c3ccc(C(=O)O)cc32)C1. The first-order valence-electron chi connectivity index (χ1n) is 7.35. The molecule has 0 aliphatic heterocycles. The number of nitrogens with zero attached hydrogens (tertiary/aromatic N) is 1. The molecule has 21 heavy (non-hydrogen) atoms. The fraction of sp³-hybridized carbons (Fsp3) is 0.500. The summed E-state index contributed by atoms with van der Waals surface area (Å²) in [6, 6.07) is 4.93. The van der Waals surface area contributed by atoms with Crippen molar-refractivity contribution in [3.63, 3.8) is 0 Å². The van der Waals surface area contributed by atoms with Gasteiger partial charge in [-0.2, -0.15) is 0 Å². The van der Waals surface area contributed by atoms with Crippen molar-refractivity contribution in [3.8, 4) is 0 Å². The zero-order valence-electron chi connectivity index (χ0n) is 12.3. The van der Waals surface area contributed by atoms with Gasteiger partial charge in [0.15, 0.2) is 0 Å². The van der Waals surface area contributed by atoms with Crippen LogP contribution in [0.15, 0.2) is 23.0 Å². The standard InChI is InChI=1S/C16H20N2O3/c1-16(2)7-3-4-11(9-16)18-13-8-10(14(19)20)5-6-12(13)17-15(18)21/h5-6,8,11H,3-4,7,9H2,1-2H3,(H,17,21)(H,19,20). The molecule has 0 saturated heterocycles. The minimum atomic E-state index is -0.971. The van der Waals surface area contributed by atoms with Crippen LogP contribution < -0.4 is 5.69 Å². The normalized spacial score (nSPS) is 21.5. The Balaban J connectivity index is 2.12. The molecular formula is C16H20N2O3. The molecule has 1 aliphatic rings. The number of benzene rings is 1. The number of fused-ring (bicyclic) bond motifs is 1. The third kappa shape index (κ3) is 2.48. The number of carbonyl (C=O) groups is 1.